The summed E-state index contributed by atoms with van der Waals surface area (Å²) >= 11 is 0. The van der Waals surface area contributed by atoms with Crippen LogP contribution >= 0.6 is 0 Å². The van der Waals surface area contributed by atoms with E-state index in [1.165, 1.54) is 0 Å². The topological polar surface area (TPSA) is 82.3 Å². The second-order valence-electron chi connectivity index (χ2n) is 6.25. The van der Waals surface area contributed by atoms with Gasteiger partial charge in [-0.3, -0.25) is 4.99 Å². The molecule has 0 aliphatic carbocycles. The summed E-state index contributed by atoms with van der Waals surface area (Å²) < 4.78 is 11.2. The number of aliphatic imine (C=N–C) groups is 1. The van der Waals surface area contributed by atoms with Gasteiger partial charge in [0.2, 0.25) is 0 Å². The molecular formula is C16H28N4O3. The maximum Gasteiger partial charge on any atom is 0.191 e. The lowest BCUT2D eigenvalue weighted by atomic mass is 10.0. The Labute approximate surface area is 137 Å². The van der Waals surface area contributed by atoms with Crippen molar-refractivity contribution in [2.75, 3.05) is 46.9 Å². The van der Waals surface area contributed by atoms with Crippen LogP contribution in [0.3, 0.4) is 0 Å². The van der Waals surface area contributed by atoms with E-state index in [9.17, 15) is 5.11 Å². The molecule has 1 aliphatic rings. The Morgan fingerprint density at radius 1 is 1.48 bits per heavy atom. The van der Waals surface area contributed by atoms with E-state index in [2.05, 4.69) is 27.6 Å². The lowest BCUT2D eigenvalue weighted by Gasteiger charge is -2.30. The van der Waals surface area contributed by atoms with Gasteiger partial charge < -0.3 is 29.8 Å². The zero-order valence-corrected chi connectivity index (χ0v) is 14.4. The molecule has 7 heteroatoms. The van der Waals surface area contributed by atoms with Gasteiger partial charge in [-0.2, -0.15) is 0 Å². The standard InChI is InChI=1S/C16H28N4O3/c1-12-5-6-14(23-12)16(2,21)11-19-15(17-3)18-9-13-10-20(4)7-8-22-13/h5-6,13,21H,7-11H2,1-4H3,(H2,17,18,19). The van der Waals surface area contributed by atoms with Crippen molar-refractivity contribution in [3.63, 3.8) is 0 Å². The summed E-state index contributed by atoms with van der Waals surface area (Å²) in [6.45, 7) is 7.15. The van der Waals surface area contributed by atoms with E-state index in [1.807, 2.05) is 13.0 Å². The SMILES string of the molecule is CN=C(NCC1CN(C)CCO1)NCC(C)(O)c1ccc(C)o1. The monoisotopic (exact) mass is 324 g/mol. The van der Waals surface area contributed by atoms with Gasteiger partial charge in [-0.15, -0.1) is 0 Å². The van der Waals surface area contributed by atoms with Crippen molar-refractivity contribution >= 4 is 5.96 Å². The normalized spacial score (nSPS) is 22.7. The maximum absolute atomic E-state index is 10.5. The summed E-state index contributed by atoms with van der Waals surface area (Å²) in [4.78, 5) is 6.42. The highest BCUT2D eigenvalue weighted by atomic mass is 16.5. The zero-order chi connectivity index (χ0) is 16.9. The minimum atomic E-state index is -1.10. The number of nitrogens with zero attached hydrogens (tertiary/aromatic N) is 2. The maximum atomic E-state index is 10.5. The van der Waals surface area contributed by atoms with Gasteiger partial charge in [0.25, 0.3) is 0 Å². The molecule has 1 aromatic heterocycles. The second-order valence-corrected chi connectivity index (χ2v) is 6.25. The van der Waals surface area contributed by atoms with Crippen LogP contribution in [0.4, 0.5) is 0 Å². The summed E-state index contributed by atoms with van der Waals surface area (Å²) in [5.41, 5.74) is -1.10. The number of aliphatic hydroxyl groups is 1. The Morgan fingerprint density at radius 3 is 2.87 bits per heavy atom. The Balaban J connectivity index is 1.80. The molecular weight excluding hydrogens is 296 g/mol. The van der Waals surface area contributed by atoms with Gasteiger partial charge in [-0.05, 0) is 33.0 Å². The number of hydrogen-bond acceptors (Lipinski definition) is 5. The van der Waals surface area contributed by atoms with Crippen LogP contribution in [0.15, 0.2) is 21.5 Å². The summed E-state index contributed by atoms with van der Waals surface area (Å²) in [5.74, 6) is 1.95. The van der Waals surface area contributed by atoms with Crippen LogP contribution in [0, 0.1) is 6.92 Å². The fourth-order valence-corrected chi connectivity index (χ4v) is 2.49. The smallest absolute Gasteiger partial charge is 0.191 e. The lowest BCUT2D eigenvalue weighted by Crippen LogP contribution is -2.50. The van der Waals surface area contributed by atoms with Gasteiger partial charge in [0.05, 0.1) is 19.3 Å². The summed E-state index contributed by atoms with van der Waals surface area (Å²) in [5, 5.41) is 16.9. The van der Waals surface area contributed by atoms with E-state index in [-0.39, 0.29) is 6.10 Å². The Hall–Kier alpha value is -1.57. The zero-order valence-electron chi connectivity index (χ0n) is 14.4. The van der Waals surface area contributed by atoms with Crippen molar-refractivity contribution in [1.29, 1.82) is 0 Å². The van der Waals surface area contributed by atoms with Crippen molar-refractivity contribution < 1.29 is 14.3 Å². The van der Waals surface area contributed by atoms with Crippen LogP contribution in [-0.2, 0) is 10.3 Å². The Kier molecular flexibility index (Phi) is 6.04. The average molecular weight is 324 g/mol. The number of rotatable bonds is 5. The molecule has 1 aromatic rings. The predicted octanol–water partition coefficient (Wildman–Crippen LogP) is 0.291. The van der Waals surface area contributed by atoms with Crippen LogP contribution in [0.25, 0.3) is 0 Å². The molecule has 0 aromatic carbocycles. The van der Waals surface area contributed by atoms with E-state index in [0.717, 1.165) is 25.5 Å². The average Bonchev–Trinajstić information content (AvgIpc) is 2.95. The highest BCUT2D eigenvalue weighted by Crippen LogP contribution is 2.21. The molecule has 7 nitrogen and oxygen atoms in total. The predicted molar refractivity (Wildman–Crippen MR) is 89.6 cm³/mol. The first kappa shape index (κ1) is 17.8. The molecule has 2 heterocycles. The van der Waals surface area contributed by atoms with Crippen LogP contribution in [0.1, 0.15) is 18.4 Å². The summed E-state index contributed by atoms with van der Waals surface area (Å²) in [6, 6.07) is 3.63. The van der Waals surface area contributed by atoms with Crippen LogP contribution in [0.2, 0.25) is 0 Å². The number of nitrogens with one attached hydrogen (secondary N) is 2. The number of furan rings is 1. The third-order valence-corrected chi connectivity index (χ3v) is 3.93. The molecule has 0 bridgehead atoms. The first-order chi connectivity index (χ1) is 10.9. The minimum Gasteiger partial charge on any atom is -0.463 e. The highest BCUT2D eigenvalue weighted by molar-refractivity contribution is 5.79. The van der Waals surface area contributed by atoms with Gasteiger partial charge in [0, 0.05) is 26.7 Å². The van der Waals surface area contributed by atoms with E-state index in [1.54, 1.807) is 20.0 Å². The highest BCUT2D eigenvalue weighted by Gasteiger charge is 2.27. The molecule has 1 saturated heterocycles. The van der Waals surface area contributed by atoms with Crippen LogP contribution in [-0.4, -0.2) is 69.0 Å². The molecule has 0 radical (unpaired) electrons. The number of ether oxygens (including phenoxy) is 1. The molecule has 3 N–H and O–H groups in total. The molecule has 1 aliphatic heterocycles. The molecule has 0 amide bonds. The summed E-state index contributed by atoms with van der Waals surface area (Å²) in [6.07, 6.45) is 0.139. The third kappa shape index (κ3) is 5.23. The van der Waals surface area contributed by atoms with E-state index < -0.39 is 5.60 Å². The van der Waals surface area contributed by atoms with Gasteiger partial charge in [-0.25, -0.2) is 0 Å². The van der Waals surface area contributed by atoms with Crippen molar-refractivity contribution in [2.24, 2.45) is 4.99 Å². The molecule has 0 spiro atoms. The molecule has 0 saturated carbocycles. The van der Waals surface area contributed by atoms with Gasteiger partial charge in [-0.1, -0.05) is 0 Å². The number of likely N-dealkylation sites (N-methyl/N-ethyl adjacent to an activating group) is 1. The first-order valence-electron chi connectivity index (χ1n) is 7.94. The Morgan fingerprint density at radius 2 is 2.26 bits per heavy atom. The van der Waals surface area contributed by atoms with Gasteiger partial charge in [0.1, 0.15) is 17.1 Å². The molecule has 2 atom stereocenters. The van der Waals surface area contributed by atoms with E-state index in [0.29, 0.717) is 24.8 Å². The summed E-state index contributed by atoms with van der Waals surface area (Å²) in [7, 11) is 3.79. The van der Waals surface area contributed by atoms with E-state index in [4.69, 9.17) is 9.15 Å². The van der Waals surface area contributed by atoms with Crippen molar-refractivity contribution in [2.45, 2.75) is 25.6 Å². The first-order valence-corrected chi connectivity index (χ1v) is 7.94. The molecule has 2 unspecified atom stereocenters. The van der Waals surface area contributed by atoms with E-state index >= 15 is 0 Å². The third-order valence-electron chi connectivity index (χ3n) is 3.93. The fourth-order valence-electron chi connectivity index (χ4n) is 2.49. The number of morpholine rings is 1. The molecule has 23 heavy (non-hydrogen) atoms. The van der Waals surface area contributed by atoms with Crippen molar-refractivity contribution in [1.82, 2.24) is 15.5 Å². The van der Waals surface area contributed by atoms with Crippen molar-refractivity contribution in [3.8, 4) is 0 Å². The minimum absolute atomic E-state index is 0.139. The largest absolute Gasteiger partial charge is 0.463 e. The number of aryl methyl sites for hydroxylation is 1. The van der Waals surface area contributed by atoms with Crippen molar-refractivity contribution in [3.05, 3.63) is 23.7 Å². The number of hydrogen-bond donors (Lipinski definition) is 3. The quantitative estimate of drug-likeness (QED) is 0.533. The van der Waals surface area contributed by atoms with Crippen LogP contribution in [0.5, 0.6) is 0 Å². The Bertz CT molecular complexity index is 527. The van der Waals surface area contributed by atoms with Crippen LogP contribution < -0.4 is 10.6 Å². The molecule has 130 valence electrons. The number of guanidine groups is 1. The molecule has 2 rings (SSSR count). The molecule has 1 fully saturated rings. The second kappa shape index (κ2) is 7.81. The fraction of sp³-hybridized carbons (Fsp3) is 0.688. The van der Waals surface area contributed by atoms with Gasteiger partial charge >= 0.3 is 0 Å². The lowest BCUT2D eigenvalue weighted by molar-refractivity contribution is -0.0161. The van der Waals surface area contributed by atoms with Gasteiger partial charge in [0.15, 0.2) is 5.96 Å².